The van der Waals surface area contributed by atoms with E-state index in [-0.39, 0.29) is 30.0 Å². The molecule has 1 aliphatic heterocycles. The Balaban J connectivity index is 1.64. The minimum Gasteiger partial charge on any atom is -0.497 e. The number of ether oxygens (including phenoxy) is 2. The molecule has 2 aliphatic rings. The van der Waals surface area contributed by atoms with Crippen LogP contribution in [0.3, 0.4) is 0 Å². The number of nitrogens with one attached hydrogen (secondary N) is 1. The van der Waals surface area contributed by atoms with Crippen LogP contribution in [-0.2, 0) is 21.2 Å². The Morgan fingerprint density at radius 2 is 2.00 bits per heavy atom. The lowest BCUT2D eigenvalue weighted by atomic mass is 10.1. The van der Waals surface area contributed by atoms with Crippen LogP contribution in [0.1, 0.15) is 24.8 Å². The molecule has 1 aliphatic carbocycles. The summed E-state index contributed by atoms with van der Waals surface area (Å²) >= 11 is 0. The summed E-state index contributed by atoms with van der Waals surface area (Å²) in [7, 11) is 0.246. The Kier molecular flexibility index (Phi) is 5.72. The van der Waals surface area contributed by atoms with Gasteiger partial charge in [0.1, 0.15) is 11.5 Å². The smallest absolute Gasteiger partial charge is 0.234 e. The number of rotatable bonds is 8. The second-order valence-corrected chi connectivity index (χ2v) is 9.21. The van der Waals surface area contributed by atoms with E-state index >= 15 is 0 Å². The summed E-state index contributed by atoms with van der Waals surface area (Å²) in [6.45, 7) is 0.836. The molecule has 0 aromatic heterocycles. The van der Waals surface area contributed by atoms with Gasteiger partial charge in [-0.1, -0.05) is 0 Å². The van der Waals surface area contributed by atoms with Crippen molar-refractivity contribution in [1.82, 2.24) is 10.2 Å². The molecule has 0 radical (unpaired) electrons. The van der Waals surface area contributed by atoms with Gasteiger partial charge in [0.15, 0.2) is 9.84 Å². The van der Waals surface area contributed by atoms with Crippen molar-refractivity contribution in [3.05, 3.63) is 23.8 Å². The molecular formula is C18H26N2O5S. The lowest BCUT2D eigenvalue weighted by Crippen LogP contribution is -2.43. The van der Waals surface area contributed by atoms with Gasteiger partial charge in [0.2, 0.25) is 5.91 Å². The number of amides is 1. The molecule has 0 spiro atoms. The maximum Gasteiger partial charge on any atom is 0.234 e. The number of carbonyl (C=O) groups excluding carboxylic acids is 1. The zero-order valence-electron chi connectivity index (χ0n) is 15.2. The number of sulfone groups is 1. The average molecular weight is 382 g/mol. The number of nitrogens with zero attached hydrogens (tertiary/aromatic N) is 1. The molecule has 144 valence electrons. The lowest BCUT2D eigenvalue weighted by molar-refractivity contribution is -0.123. The Morgan fingerprint density at radius 3 is 2.58 bits per heavy atom. The highest BCUT2D eigenvalue weighted by molar-refractivity contribution is 7.91. The summed E-state index contributed by atoms with van der Waals surface area (Å²) in [4.78, 5) is 14.5. The number of hydrogen-bond acceptors (Lipinski definition) is 6. The quantitative estimate of drug-likeness (QED) is 0.721. The third-order valence-electron chi connectivity index (χ3n) is 4.87. The number of carbonyl (C=O) groups is 1. The van der Waals surface area contributed by atoms with Crippen LogP contribution in [0.5, 0.6) is 11.5 Å². The number of hydrogen-bond donors (Lipinski definition) is 1. The zero-order valence-corrected chi connectivity index (χ0v) is 16.0. The molecule has 2 fully saturated rings. The van der Waals surface area contributed by atoms with Crippen molar-refractivity contribution in [2.45, 2.75) is 37.9 Å². The van der Waals surface area contributed by atoms with E-state index in [2.05, 4.69) is 10.2 Å². The third-order valence-corrected chi connectivity index (χ3v) is 6.64. The molecule has 3 rings (SSSR count). The van der Waals surface area contributed by atoms with E-state index in [0.717, 1.165) is 29.9 Å². The molecule has 7 nitrogen and oxygen atoms in total. The summed E-state index contributed by atoms with van der Waals surface area (Å²) in [6, 6.07) is 5.75. The molecule has 1 saturated heterocycles. The van der Waals surface area contributed by atoms with Crippen molar-refractivity contribution in [3.63, 3.8) is 0 Å². The van der Waals surface area contributed by atoms with Gasteiger partial charge in [-0.05, 0) is 37.5 Å². The molecule has 1 heterocycles. The highest BCUT2D eigenvalue weighted by atomic mass is 32.2. The van der Waals surface area contributed by atoms with Crippen molar-refractivity contribution in [3.8, 4) is 11.5 Å². The van der Waals surface area contributed by atoms with Gasteiger partial charge in [-0.15, -0.1) is 0 Å². The van der Waals surface area contributed by atoms with E-state index in [0.29, 0.717) is 19.0 Å². The molecule has 1 aromatic rings. The first kappa shape index (κ1) is 19.0. The average Bonchev–Trinajstić information content (AvgIpc) is 3.39. The predicted octanol–water partition coefficient (Wildman–Crippen LogP) is 0.972. The second-order valence-electron chi connectivity index (χ2n) is 6.98. The fourth-order valence-corrected chi connectivity index (χ4v) is 5.02. The SMILES string of the molecule is COc1ccc(OC)c(CN(CC(=O)NC2CCS(=O)(=O)C2)C2CC2)c1. The van der Waals surface area contributed by atoms with Crippen LogP contribution in [-0.4, -0.2) is 63.6 Å². The first-order valence-electron chi connectivity index (χ1n) is 8.85. The molecular weight excluding hydrogens is 356 g/mol. The molecule has 1 unspecified atom stereocenters. The summed E-state index contributed by atoms with van der Waals surface area (Å²) in [5.74, 6) is 1.59. The largest absolute Gasteiger partial charge is 0.497 e. The Hall–Kier alpha value is -1.80. The van der Waals surface area contributed by atoms with Gasteiger partial charge in [0.05, 0.1) is 32.3 Å². The Morgan fingerprint density at radius 1 is 1.23 bits per heavy atom. The summed E-state index contributed by atoms with van der Waals surface area (Å²) in [5.41, 5.74) is 0.968. The number of benzene rings is 1. The summed E-state index contributed by atoms with van der Waals surface area (Å²) < 4.78 is 33.8. The van der Waals surface area contributed by atoms with E-state index < -0.39 is 9.84 Å². The summed E-state index contributed by atoms with van der Waals surface area (Å²) in [6.07, 6.45) is 2.63. The molecule has 1 saturated carbocycles. The zero-order chi connectivity index (χ0) is 18.7. The van der Waals surface area contributed by atoms with E-state index in [1.54, 1.807) is 14.2 Å². The van der Waals surface area contributed by atoms with Crippen LogP contribution in [0.4, 0.5) is 0 Å². The van der Waals surface area contributed by atoms with E-state index in [9.17, 15) is 13.2 Å². The van der Waals surface area contributed by atoms with Gasteiger partial charge < -0.3 is 14.8 Å². The molecule has 26 heavy (non-hydrogen) atoms. The highest BCUT2D eigenvalue weighted by Crippen LogP contribution is 2.31. The van der Waals surface area contributed by atoms with Gasteiger partial charge in [-0.2, -0.15) is 0 Å². The van der Waals surface area contributed by atoms with Crippen LogP contribution >= 0.6 is 0 Å². The van der Waals surface area contributed by atoms with Crippen molar-refractivity contribution in [2.24, 2.45) is 0 Å². The van der Waals surface area contributed by atoms with Gasteiger partial charge in [-0.3, -0.25) is 9.69 Å². The standard InChI is InChI=1S/C18H26N2O5S/c1-24-16-5-6-17(25-2)13(9-16)10-20(15-3-4-15)11-18(21)19-14-7-8-26(22,23)12-14/h5-6,9,14-15H,3-4,7-8,10-12H2,1-2H3,(H,19,21). The predicted molar refractivity (Wildman–Crippen MR) is 98.2 cm³/mol. The Labute approximate surface area is 154 Å². The van der Waals surface area contributed by atoms with E-state index in [4.69, 9.17) is 9.47 Å². The van der Waals surface area contributed by atoms with Crippen molar-refractivity contribution < 1.29 is 22.7 Å². The molecule has 0 bridgehead atoms. The minimum absolute atomic E-state index is 0.0475. The fraction of sp³-hybridized carbons (Fsp3) is 0.611. The molecule has 8 heteroatoms. The van der Waals surface area contributed by atoms with Gasteiger partial charge in [0.25, 0.3) is 0 Å². The fourth-order valence-electron chi connectivity index (χ4n) is 3.34. The van der Waals surface area contributed by atoms with E-state index in [1.165, 1.54) is 0 Å². The van der Waals surface area contributed by atoms with Crippen LogP contribution in [0.2, 0.25) is 0 Å². The van der Waals surface area contributed by atoms with Crippen LogP contribution < -0.4 is 14.8 Å². The van der Waals surface area contributed by atoms with Crippen molar-refractivity contribution >= 4 is 15.7 Å². The topological polar surface area (TPSA) is 84.9 Å². The second kappa shape index (κ2) is 7.84. The third kappa shape index (κ3) is 4.88. The molecule has 1 aromatic carbocycles. The number of methoxy groups -OCH3 is 2. The molecule has 1 amide bonds. The summed E-state index contributed by atoms with van der Waals surface area (Å²) in [5, 5.41) is 2.87. The maximum absolute atomic E-state index is 12.4. The lowest BCUT2D eigenvalue weighted by Gasteiger charge is -2.23. The van der Waals surface area contributed by atoms with Gasteiger partial charge in [0, 0.05) is 24.2 Å². The first-order chi connectivity index (χ1) is 12.4. The van der Waals surface area contributed by atoms with Gasteiger partial charge in [-0.25, -0.2) is 8.42 Å². The van der Waals surface area contributed by atoms with Crippen molar-refractivity contribution in [1.29, 1.82) is 0 Å². The van der Waals surface area contributed by atoms with E-state index in [1.807, 2.05) is 18.2 Å². The normalized spacial score (nSPS) is 21.6. The van der Waals surface area contributed by atoms with Crippen LogP contribution in [0, 0.1) is 0 Å². The molecule has 1 N–H and O–H groups in total. The minimum atomic E-state index is -3.00. The maximum atomic E-state index is 12.4. The van der Waals surface area contributed by atoms with Gasteiger partial charge >= 0.3 is 0 Å². The highest BCUT2D eigenvalue weighted by Gasteiger charge is 2.33. The van der Waals surface area contributed by atoms with Crippen LogP contribution in [0.25, 0.3) is 0 Å². The van der Waals surface area contributed by atoms with Crippen molar-refractivity contribution in [2.75, 3.05) is 32.3 Å². The monoisotopic (exact) mass is 382 g/mol. The Bertz CT molecular complexity index is 761. The molecule has 1 atom stereocenters. The first-order valence-corrected chi connectivity index (χ1v) is 10.7. The van der Waals surface area contributed by atoms with Crippen LogP contribution in [0.15, 0.2) is 18.2 Å².